The molecule has 0 unspecified atom stereocenters. The molecule has 0 saturated carbocycles. The minimum absolute atomic E-state index is 1.00. The fraction of sp³-hybridized carbons (Fsp3) is 0.417. The van der Waals surface area contributed by atoms with Gasteiger partial charge in [-0.05, 0) is 0 Å². The van der Waals surface area contributed by atoms with Crippen molar-refractivity contribution in [1.29, 1.82) is 0 Å². The third-order valence-corrected chi connectivity index (χ3v) is 4.12. The van der Waals surface area contributed by atoms with Gasteiger partial charge < -0.3 is 0 Å². The molecule has 0 fully saturated rings. The molecule has 1 aliphatic heterocycles. The van der Waals surface area contributed by atoms with Crippen LogP contribution in [0.25, 0.3) is 0 Å². The summed E-state index contributed by atoms with van der Waals surface area (Å²) in [4.78, 5) is 4.22. The molecule has 17 heavy (non-hydrogen) atoms. The first-order valence-corrected chi connectivity index (χ1v) is 6.53. The van der Waals surface area contributed by atoms with E-state index < -0.39 is 0 Å². The minimum atomic E-state index is 1.00. The second-order valence-corrected chi connectivity index (χ2v) is 5.02. The third kappa shape index (κ3) is 2.56. The van der Waals surface area contributed by atoms with Crippen molar-refractivity contribution in [3.8, 4) is 0 Å². The Morgan fingerprint density at radius 1 is 1.18 bits per heavy atom. The van der Waals surface area contributed by atoms with Crippen LogP contribution in [0.2, 0.25) is 0 Å². The van der Waals surface area contributed by atoms with Crippen molar-refractivity contribution >= 4 is 15.6 Å². The fourth-order valence-electron chi connectivity index (χ4n) is 1.85. The molecule has 0 bridgehead atoms. The molecular weight excluding hydrogens is 279 g/mol. The van der Waals surface area contributed by atoms with Gasteiger partial charge in [-0.25, -0.2) is 0 Å². The van der Waals surface area contributed by atoms with E-state index in [4.69, 9.17) is 0 Å². The van der Waals surface area contributed by atoms with E-state index in [2.05, 4.69) is 54.8 Å². The van der Waals surface area contributed by atoms with E-state index in [1.54, 1.807) is 0 Å². The average Bonchev–Trinajstić information content (AvgIpc) is 2.79. The second kappa shape index (κ2) is 4.98. The molecule has 0 N–H and O–H groups in total. The number of hydrogen-bond donors (Lipinski definition) is 0. The topological polar surface area (TPSA) is 16.3 Å². The fourth-order valence-corrected chi connectivity index (χ4v) is 2.30. The van der Waals surface area contributed by atoms with Gasteiger partial charge in [-0.15, -0.1) is 0 Å². The number of imidazole rings is 1. The van der Waals surface area contributed by atoms with Gasteiger partial charge in [0.2, 0.25) is 0 Å². The van der Waals surface area contributed by atoms with E-state index in [0.29, 0.717) is 0 Å². The molecular formula is C12H18N4Se. The first kappa shape index (κ1) is 12.3. The van der Waals surface area contributed by atoms with E-state index in [1.807, 2.05) is 25.2 Å². The van der Waals surface area contributed by atoms with E-state index in [0.717, 1.165) is 29.7 Å². The molecule has 5 heteroatoms. The molecule has 0 radical (unpaired) electrons. The Bertz CT molecular complexity index is 497. The first-order valence-electron chi connectivity index (χ1n) is 5.68. The molecule has 2 heterocycles. The van der Waals surface area contributed by atoms with Crippen LogP contribution < -0.4 is 0 Å². The van der Waals surface area contributed by atoms with Crippen molar-refractivity contribution in [2.75, 3.05) is 13.6 Å². The Hall–Kier alpha value is -1.19. The molecule has 1 aromatic rings. The van der Waals surface area contributed by atoms with Crippen LogP contribution in [0, 0.1) is 4.32 Å². The van der Waals surface area contributed by atoms with E-state index in [-0.39, 0.29) is 0 Å². The van der Waals surface area contributed by atoms with Crippen molar-refractivity contribution in [2.24, 2.45) is 7.05 Å². The van der Waals surface area contributed by atoms with Crippen molar-refractivity contribution < 1.29 is 0 Å². The molecule has 0 aliphatic carbocycles. The monoisotopic (exact) mass is 298 g/mol. The van der Waals surface area contributed by atoms with Crippen molar-refractivity contribution in [3.05, 3.63) is 41.5 Å². The van der Waals surface area contributed by atoms with Crippen LogP contribution in [0.1, 0.15) is 6.42 Å². The van der Waals surface area contributed by atoms with Crippen LogP contribution in [-0.4, -0.2) is 48.1 Å². The molecule has 0 saturated heterocycles. The van der Waals surface area contributed by atoms with Gasteiger partial charge in [0.05, 0.1) is 0 Å². The van der Waals surface area contributed by atoms with Crippen LogP contribution in [0.3, 0.4) is 0 Å². The number of nitrogens with zero attached hydrogens (tertiary/aromatic N) is 4. The summed E-state index contributed by atoms with van der Waals surface area (Å²) in [6.07, 6.45) is 9.38. The number of aromatic nitrogens is 2. The molecule has 2 rings (SSSR count). The summed E-state index contributed by atoms with van der Waals surface area (Å²) >= 11 is 3.09. The van der Waals surface area contributed by atoms with Crippen LogP contribution in [-0.2, 0) is 13.6 Å². The summed E-state index contributed by atoms with van der Waals surface area (Å²) in [5, 5.41) is 0. The normalized spacial score (nSPS) is 15.1. The van der Waals surface area contributed by atoms with E-state index >= 15 is 0 Å². The van der Waals surface area contributed by atoms with Gasteiger partial charge in [0.15, 0.2) is 0 Å². The predicted molar refractivity (Wildman–Crippen MR) is 69.8 cm³/mol. The van der Waals surface area contributed by atoms with Gasteiger partial charge in [0.25, 0.3) is 0 Å². The molecule has 1 aliphatic rings. The average molecular weight is 297 g/mol. The maximum absolute atomic E-state index is 4.04. The molecule has 0 amide bonds. The summed E-state index contributed by atoms with van der Waals surface area (Å²) in [5.41, 5.74) is 0. The predicted octanol–water partition coefficient (Wildman–Crippen LogP) is 1.11. The zero-order valence-electron chi connectivity index (χ0n) is 10.3. The van der Waals surface area contributed by atoms with Crippen molar-refractivity contribution in [2.45, 2.75) is 13.0 Å². The summed E-state index contributed by atoms with van der Waals surface area (Å²) in [7, 11) is 4.06. The Balaban J connectivity index is 1.85. The Kier molecular flexibility index (Phi) is 3.60. The number of aryl methyl sites for hydroxylation is 2. The molecule has 1 aromatic heterocycles. The molecule has 92 valence electrons. The summed E-state index contributed by atoms with van der Waals surface area (Å²) in [5.74, 6) is 1.05. The van der Waals surface area contributed by atoms with Gasteiger partial charge in [-0.2, -0.15) is 0 Å². The van der Waals surface area contributed by atoms with Gasteiger partial charge >= 0.3 is 110 Å². The Labute approximate surface area is 110 Å². The summed E-state index contributed by atoms with van der Waals surface area (Å²) in [6, 6.07) is 0. The Morgan fingerprint density at radius 2 is 1.94 bits per heavy atom. The summed E-state index contributed by atoms with van der Waals surface area (Å²) < 4.78 is 5.48. The van der Waals surface area contributed by atoms with Crippen LogP contribution >= 0.6 is 0 Å². The van der Waals surface area contributed by atoms with Gasteiger partial charge in [0.1, 0.15) is 0 Å². The van der Waals surface area contributed by atoms with Gasteiger partial charge in [-0.3, -0.25) is 0 Å². The third-order valence-electron chi connectivity index (χ3n) is 3.02. The first-order chi connectivity index (χ1) is 8.09. The summed E-state index contributed by atoms with van der Waals surface area (Å²) in [6.45, 7) is 6.06. The van der Waals surface area contributed by atoms with Crippen LogP contribution in [0.4, 0.5) is 0 Å². The van der Waals surface area contributed by atoms with E-state index in [9.17, 15) is 0 Å². The Morgan fingerprint density at radius 3 is 2.47 bits per heavy atom. The quantitative estimate of drug-likeness (QED) is 0.774. The van der Waals surface area contributed by atoms with Crippen LogP contribution in [0.5, 0.6) is 0 Å². The molecule has 0 spiro atoms. The maximum atomic E-state index is 4.04. The zero-order valence-corrected chi connectivity index (χ0v) is 12.0. The van der Waals surface area contributed by atoms with Crippen LogP contribution in [0.15, 0.2) is 37.2 Å². The van der Waals surface area contributed by atoms with Gasteiger partial charge in [-0.1, -0.05) is 0 Å². The standard InChI is InChI=1S/C12H18N4Se/c1-11-13(2)7-9-15(11)5-4-6-16-10-8-14(3)12(16)17/h7-10H,1,4-6H2,2-3H3. The molecule has 0 atom stereocenters. The SMILES string of the molecule is C=C1N(C)C=CN1CCCn1ccn(C)c1=[Se]. The second-order valence-electron chi connectivity index (χ2n) is 4.26. The number of rotatable bonds is 4. The van der Waals surface area contributed by atoms with Crippen molar-refractivity contribution in [3.63, 3.8) is 0 Å². The van der Waals surface area contributed by atoms with Gasteiger partial charge in [0, 0.05) is 0 Å². The zero-order chi connectivity index (χ0) is 12.4. The number of hydrogen-bond acceptors (Lipinski definition) is 2. The molecule has 4 nitrogen and oxygen atoms in total. The van der Waals surface area contributed by atoms with Crippen molar-refractivity contribution in [1.82, 2.24) is 18.9 Å². The molecule has 0 aromatic carbocycles. The van der Waals surface area contributed by atoms with E-state index in [1.165, 1.54) is 0 Å².